The first-order valence-corrected chi connectivity index (χ1v) is 12.4. The van der Waals surface area contributed by atoms with Gasteiger partial charge in [0.05, 0.1) is 26.1 Å². The molecule has 1 aromatic carbocycles. The number of nitrogens with one attached hydrogen (secondary N) is 2. The molecule has 3 aliphatic rings. The predicted octanol–water partition coefficient (Wildman–Crippen LogP) is 0.778. The van der Waals surface area contributed by atoms with Gasteiger partial charge in [-0.25, -0.2) is 9.37 Å². The number of carbonyl (C=O) groups excluding carboxylic acids is 3. The molecule has 36 heavy (non-hydrogen) atoms. The molecular formula is C25H31FN6O4. The number of carbonyl (C=O) groups is 3. The third-order valence-corrected chi connectivity index (χ3v) is 7.07. The zero-order chi connectivity index (χ0) is 25.3. The average Bonchev–Trinajstić information content (AvgIpc) is 3.61. The molecule has 2 aliphatic heterocycles. The molecule has 3 heterocycles. The number of halogens is 1. The van der Waals surface area contributed by atoms with Crippen LogP contribution in [0.1, 0.15) is 46.3 Å². The number of hydrogen-bond acceptors (Lipinski definition) is 6. The second kappa shape index (κ2) is 9.98. The fraction of sp³-hybridized carbons (Fsp3) is 0.520. The number of aromatic nitrogens is 2. The fourth-order valence-corrected chi connectivity index (χ4v) is 4.93. The Morgan fingerprint density at radius 2 is 1.89 bits per heavy atom. The van der Waals surface area contributed by atoms with Crippen LogP contribution in [-0.2, 0) is 22.6 Å². The van der Waals surface area contributed by atoms with Gasteiger partial charge in [-0.15, -0.1) is 0 Å². The molecule has 2 fully saturated rings. The van der Waals surface area contributed by atoms with Gasteiger partial charge >= 0.3 is 0 Å². The highest BCUT2D eigenvalue weighted by Crippen LogP contribution is 2.38. The maximum atomic E-state index is 13.7. The van der Waals surface area contributed by atoms with E-state index in [0.29, 0.717) is 26.3 Å². The molecule has 1 aromatic heterocycles. The van der Waals surface area contributed by atoms with Crippen molar-refractivity contribution in [3.8, 4) is 0 Å². The minimum Gasteiger partial charge on any atom is -0.379 e. The van der Waals surface area contributed by atoms with Gasteiger partial charge in [0, 0.05) is 38.8 Å². The van der Waals surface area contributed by atoms with Gasteiger partial charge in [-0.3, -0.25) is 19.3 Å². The molecule has 3 amide bonds. The van der Waals surface area contributed by atoms with E-state index in [-0.39, 0.29) is 48.2 Å². The van der Waals surface area contributed by atoms with Crippen LogP contribution in [0.4, 0.5) is 4.39 Å². The van der Waals surface area contributed by atoms with Crippen LogP contribution in [0.2, 0.25) is 0 Å². The quantitative estimate of drug-likeness (QED) is 0.557. The van der Waals surface area contributed by atoms with Crippen molar-refractivity contribution in [3.63, 3.8) is 0 Å². The molecule has 1 saturated heterocycles. The van der Waals surface area contributed by atoms with Crippen molar-refractivity contribution in [2.45, 2.75) is 44.4 Å². The molecule has 1 aliphatic carbocycles. The van der Waals surface area contributed by atoms with E-state index in [1.807, 2.05) is 0 Å². The number of nitrogens with zero attached hydrogens (tertiary/aromatic N) is 4. The van der Waals surface area contributed by atoms with Crippen molar-refractivity contribution >= 4 is 17.7 Å². The topological polar surface area (TPSA) is 109 Å². The Labute approximate surface area is 208 Å². The summed E-state index contributed by atoms with van der Waals surface area (Å²) in [4.78, 5) is 48.1. The van der Waals surface area contributed by atoms with Crippen molar-refractivity contribution in [1.29, 1.82) is 0 Å². The van der Waals surface area contributed by atoms with Gasteiger partial charge in [0.25, 0.3) is 11.8 Å². The molecule has 5 rings (SSSR count). The monoisotopic (exact) mass is 498 g/mol. The van der Waals surface area contributed by atoms with Crippen molar-refractivity contribution < 1.29 is 23.5 Å². The molecule has 1 saturated carbocycles. The smallest absolute Gasteiger partial charge is 0.274 e. The number of imidazole rings is 1. The van der Waals surface area contributed by atoms with Crippen LogP contribution in [0, 0.1) is 5.82 Å². The van der Waals surface area contributed by atoms with Gasteiger partial charge < -0.3 is 24.8 Å². The Kier molecular flexibility index (Phi) is 6.76. The second-order valence-corrected chi connectivity index (χ2v) is 9.77. The van der Waals surface area contributed by atoms with Crippen LogP contribution in [0.3, 0.4) is 0 Å². The fourth-order valence-electron chi connectivity index (χ4n) is 4.93. The molecular weight excluding hydrogens is 467 g/mol. The highest BCUT2D eigenvalue weighted by molar-refractivity contribution is 6.07. The maximum Gasteiger partial charge on any atom is 0.274 e. The Balaban J connectivity index is 1.29. The number of amides is 3. The molecule has 0 radical (unpaired) electrons. The zero-order valence-electron chi connectivity index (χ0n) is 20.3. The predicted molar refractivity (Wildman–Crippen MR) is 128 cm³/mol. The van der Waals surface area contributed by atoms with E-state index in [1.54, 1.807) is 28.5 Å². The van der Waals surface area contributed by atoms with Gasteiger partial charge in [-0.05, 0) is 37.5 Å². The van der Waals surface area contributed by atoms with Crippen LogP contribution in [0.5, 0.6) is 0 Å². The highest BCUT2D eigenvalue weighted by Gasteiger charge is 2.53. The van der Waals surface area contributed by atoms with Crippen LogP contribution >= 0.6 is 0 Å². The second-order valence-electron chi connectivity index (χ2n) is 9.77. The third kappa shape index (κ3) is 4.85. The molecule has 2 N–H and O–H groups in total. The van der Waals surface area contributed by atoms with Gasteiger partial charge in [0.2, 0.25) is 5.91 Å². The summed E-state index contributed by atoms with van der Waals surface area (Å²) in [6, 6.07) is 5.85. The van der Waals surface area contributed by atoms with Gasteiger partial charge in [-0.2, -0.15) is 0 Å². The van der Waals surface area contributed by atoms with E-state index in [0.717, 1.165) is 31.5 Å². The van der Waals surface area contributed by atoms with Crippen LogP contribution in [-0.4, -0.2) is 88.0 Å². The lowest BCUT2D eigenvalue weighted by atomic mass is 9.93. The van der Waals surface area contributed by atoms with Crippen LogP contribution in [0.15, 0.2) is 30.6 Å². The number of rotatable bonds is 8. The first kappa shape index (κ1) is 24.4. The summed E-state index contributed by atoms with van der Waals surface area (Å²) in [6.45, 7) is 6.30. The summed E-state index contributed by atoms with van der Waals surface area (Å²) in [5.74, 6) is -1.41. The summed E-state index contributed by atoms with van der Waals surface area (Å²) in [6.07, 6.45) is 3.07. The standard InChI is InChI=1S/C25H31FN6O4/c1-25(24(35)28-14-17-2-4-18(26)5-3-17)15-31-16-29-20(21(31)23(34)32(25)19-6-7-19)22(33)27-8-9-30-10-12-36-13-11-30/h2-5,16,19H,6-15H2,1H3,(H,27,33)(H,28,35). The van der Waals surface area contributed by atoms with E-state index in [2.05, 4.69) is 20.5 Å². The number of benzene rings is 1. The lowest BCUT2D eigenvalue weighted by Gasteiger charge is -2.44. The average molecular weight is 499 g/mol. The number of morpholine rings is 1. The number of fused-ring (bicyclic) bond motifs is 1. The van der Waals surface area contributed by atoms with Gasteiger partial charge in [0.15, 0.2) is 5.69 Å². The van der Waals surface area contributed by atoms with Crippen molar-refractivity contribution in [3.05, 3.63) is 53.4 Å². The van der Waals surface area contributed by atoms with E-state index in [4.69, 9.17) is 4.74 Å². The number of ether oxygens (including phenoxy) is 1. The third-order valence-electron chi connectivity index (χ3n) is 7.07. The molecule has 0 bridgehead atoms. The first-order valence-electron chi connectivity index (χ1n) is 12.4. The minimum absolute atomic E-state index is 0.0556. The highest BCUT2D eigenvalue weighted by atomic mass is 19.1. The molecule has 0 spiro atoms. The van der Waals surface area contributed by atoms with E-state index in [9.17, 15) is 18.8 Å². The summed E-state index contributed by atoms with van der Waals surface area (Å²) < 4.78 is 20.2. The van der Waals surface area contributed by atoms with E-state index < -0.39 is 11.4 Å². The largest absolute Gasteiger partial charge is 0.379 e. The Hall–Kier alpha value is -3.31. The molecule has 192 valence electrons. The van der Waals surface area contributed by atoms with Crippen molar-refractivity contribution in [1.82, 2.24) is 30.0 Å². The SMILES string of the molecule is CC1(C(=O)NCc2ccc(F)cc2)Cn2cnc(C(=O)NCCN3CCOCC3)c2C(=O)N1C1CC1. The molecule has 2 aromatic rings. The summed E-state index contributed by atoms with van der Waals surface area (Å²) in [5, 5.41) is 5.77. The maximum absolute atomic E-state index is 13.7. The van der Waals surface area contributed by atoms with Crippen molar-refractivity contribution in [2.75, 3.05) is 39.4 Å². The zero-order valence-corrected chi connectivity index (χ0v) is 20.3. The van der Waals surface area contributed by atoms with Gasteiger partial charge in [0.1, 0.15) is 17.1 Å². The van der Waals surface area contributed by atoms with E-state index in [1.165, 1.54) is 18.5 Å². The molecule has 11 heteroatoms. The minimum atomic E-state index is -1.14. The lowest BCUT2D eigenvalue weighted by molar-refractivity contribution is -0.133. The number of hydrogen-bond donors (Lipinski definition) is 2. The van der Waals surface area contributed by atoms with Crippen molar-refractivity contribution in [2.24, 2.45) is 0 Å². The summed E-state index contributed by atoms with van der Waals surface area (Å²) in [7, 11) is 0. The van der Waals surface area contributed by atoms with Gasteiger partial charge in [-0.1, -0.05) is 12.1 Å². The normalized spacial score (nSPS) is 22.3. The Morgan fingerprint density at radius 3 is 2.58 bits per heavy atom. The summed E-state index contributed by atoms with van der Waals surface area (Å²) in [5.41, 5.74) is -0.0837. The molecule has 10 nitrogen and oxygen atoms in total. The van der Waals surface area contributed by atoms with Crippen LogP contribution < -0.4 is 10.6 Å². The lowest BCUT2D eigenvalue weighted by Crippen LogP contribution is -2.64. The van der Waals surface area contributed by atoms with E-state index >= 15 is 0 Å². The summed E-state index contributed by atoms with van der Waals surface area (Å²) >= 11 is 0. The molecule has 1 atom stereocenters. The van der Waals surface area contributed by atoms with Crippen LogP contribution in [0.25, 0.3) is 0 Å². The Bertz CT molecular complexity index is 1140. The Morgan fingerprint density at radius 1 is 1.17 bits per heavy atom. The first-order chi connectivity index (χ1) is 17.4. The molecule has 1 unspecified atom stereocenters.